The van der Waals surface area contributed by atoms with Crippen LogP contribution in [0, 0.1) is 0 Å². The highest BCUT2D eigenvalue weighted by atomic mass is 16.3. The molecule has 0 aromatic carbocycles. The Morgan fingerprint density at radius 1 is 1.62 bits per heavy atom. The van der Waals surface area contributed by atoms with Crippen LogP contribution in [0.5, 0.6) is 0 Å². The number of aliphatic hydroxyl groups excluding tert-OH is 1. The quantitative estimate of drug-likeness (QED) is 0.431. The molecule has 0 aromatic rings. The summed E-state index contributed by atoms with van der Waals surface area (Å²) < 4.78 is 0. The molecule has 0 aliphatic rings. The molecule has 46 valence electrons. The van der Waals surface area contributed by atoms with Gasteiger partial charge in [-0.2, -0.15) is 0 Å². The van der Waals surface area contributed by atoms with Gasteiger partial charge in [-0.25, -0.2) is 0 Å². The monoisotopic (exact) mass is 117 g/mol. The van der Waals surface area contributed by atoms with Crippen LogP contribution in [0.3, 0.4) is 0 Å². The van der Waals surface area contributed by atoms with Gasteiger partial charge in [-0.3, -0.25) is 4.79 Å². The van der Waals surface area contributed by atoms with E-state index in [0.717, 1.165) is 0 Å². The fourth-order valence-corrected chi connectivity index (χ4v) is 0.222. The van der Waals surface area contributed by atoms with Crippen molar-refractivity contribution in [3.8, 4) is 0 Å². The summed E-state index contributed by atoms with van der Waals surface area (Å²) in [5, 5.41) is 10.3. The minimum absolute atomic E-state index is 0.345. The molecule has 0 fully saturated rings. The van der Waals surface area contributed by atoms with Gasteiger partial charge < -0.3 is 15.2 Å². The zero-order chi connectivity index (χ0) is 6.41. The molecular formula is C4H7NO3. The van der Waals surface area contributed by atoms with E-state index in [2.05, 4.69) is 5.32 Å². The molecule has 2 N–H and O–H groups in total. The Labute approximate surface area is 46.5 Å². The third-order valence-corrected chi connectivity index (χ3v) is 0.643. The van der Waals surface area contributed by atoms with E-state index in [9.17, 15) is 9.59 Å². The Kier molecular flexibility index (Phi) is 3.78. The first kappa shape index (κ1) is 7.10. The van der Waals surface area contributed by atoms with Gasteiger partial charge in [0, 0.05) is 0 Å². The SMILES string of the molecule is O=CN[C@H](C=O)CO. The highest BCUT2D eigenvalue weighted by Crippen LogP contribution is 1.68. The van der Waals surface area contributed by atoms with E-state index in [1.54, 1.807) is 0 Å². The molecule has 8 heavy (non-hydrogen) atoms. The number of rotatable bonds is 4. The third kappa shape index (κ3) is 2.30. The zero-order valence-electron chi connectivity index (χ0n) is 4.20. The standard InChI is InChI=1S/C4H7NO3/c6-1-4(2-7)5-3-8/h1,3-4,7H,2H2,(H,5,8)/t4-/m1/s1. The second kappa shape index (κ2) is 4.26. The van der Waals surface area contributed by atoms with Crippen LogP contribution in [0.15, 0.2) is 0 Å². The number of aldehydes is 1. The van der Waals surface area contributed by atoms with E-state index in [1.165, 1.54) is 0 Å². The summed E-state index contributed by atoms with van der Waals surface area (Å²) in [6, 6.07) is -0.743. The molecule has 0 aromatic heterocycles. The average Bonchev–Trinajstić information content (AvgIpc) is 1.83. The lowest BCUT2D eigenvalue weighted by molar-refractivity contribution is -0.116. The van der Waals surface area contributed by atoms with Crippen molar-refractivity contribution in [1.82, 2.24) is 5.32 Å². The Hall–Kier alpha value is -0.900. The predicted molar refractivity (Wildman–Crippen MR) is 26.1 cm³/mol. The molecular weight excluding hydrogens is 110 g/mol. The Morgan fingerprint density at radius 2 is 2.25 bits per heavy atom. The maximum Gasteiger partial charge on any atom is 0.207 e. The fraction of sp³-hybridized carbons (Fsp3) is 0.500. The van der Waals surface area contributed by atoms with Gasteiger partial charge in [-0.05, 0) is 0 Å². The zero-order valence-corrected chi connectivity index (χ0v) is 4.20. The van der Waals surface area contributed by atoms with Gasteiger partial charge in [0.2, 0.25) is 6.41 Å². The minimum Gasteiger partial charge on any atom is -0.394 e. The molecule has 0 saturated heterocycles. The molecule has 0 aliphatic heterocycles. The van der Waals surface area contributed by atoms with Crippen LogP contribution >= 0.6 is 0 Å². The van der Waals surface area contributed by atoms with Crippen LogP contribution in [-0.4, -0.2) is 30.5 Å². The van der Waals surface area contributed by atoms with Crippen LogP contribution < -0.4 is 5.32 Å². The van der Waals surface area contributed by atoms with Gasteiger partial charge in [-0.15, -0.1) is 0 Å². The lowest BCUT2D eigenvalue weighted by Crippen LogP contribution is -2.32. The van der Waals surface area contributed by atoms with Crippen molar-refractivity contribution in [2.45, 2.75) is 6.04 Å². The van der Waals surface area contributed by atoms with Gasteiger partial charge in [0.25, 0.3) is 0 Å². The van der Waals surface area contributed by atoms with Crippen molar-refractivity contribution in [3.05, 3.63) is 0 Å². The topological polar surface area (TPSA) is 66.4 Å². The second-order valence-corrected chi connectivity index (χ2v) is 1.21. The molecule has 0 heterocycles. The largest absolute Gasteiger partial charge is 0.394 e. The molecule has 0 rings (SSSR count). The number of hydrogen-bond donors (Lipinski definition) is 2. The second-order valence-electron chi connectivity index (χ2n) is 1.21. The Bertz CT molecular complexity index is 83.4. The van der Waals surface area contributed by atoms with Crippen molar-refractivity contribution in [3.63, 3.8) is 0 Å². The highest BCUT2D eigenvalue weighted by molar-refractivity contribution is 5.63. The van der Waals surface area contributed by atoms with Crippen molar-refractivity contribution >= 4 is 12.7 Å². The summed E-state index contributed by atoms with van der Waals surface area (Å²) in [7, 11) is 0. The molecule has 4 heteroatoms. The molecule has 0 unspecified atom stereocenters. The van der Waals surface area contributed by atoms with E-state index < -0.39 is 6.04 Å². The van der Waals surface area contributed by atoms with Crippen molar-refractivity contribution < 1.29 is 14.7 Å². The first-order chi connectivity index (χ1) is 3.85. The summed E-state index contributed by atoms with van der Waals surface area (Å²) in [4.78, 5) is 19.3. The predicted octanol–water partition coefficient (Wildman–Crippen LogP) is -1.71. The number of hydrogen-bond acceptors (Lipinski definition) is 3. The van der Waals surface area contributed by atoms with Gasteiger partial charge in [0.15, 0.2) is 0 Å². The molecule has 1 amide bonds. The number of carbonyl (C=O) groups excluding carboxylic acids is 2. The maximum absolute atomic E-state index is 9.74. The molecule has 0 saturated carbocycles. The third-order valence-electron chi connectivity index (χ3n) is 0.643. The smallest absolute Gasteiger partial charge is 0.207 e. The molecule has 1 atom stereocenters. The number of carbonyl (C=O) groups is 2. The van der Waals surface area contributed by atoms with Gasteiger partial charge >= 0.3 is 0 Å². The summed E-state index contributed by atoms with van der Waals surface area (Å²) in [5.41, 5.74) is 0. The maximum atomic E-state index is 9.74. The van der Waals surface area contributed by atoms with E-state index >= 15 is 0 Å². The molecule has 0 radical (unpaired) electrons. The van der Waals surface area contributed by atoms with Crippen LogP contribution in [0.2, 0.25) is 0 Å². The Balaban J connectivity index is 3.35. The van der Waals surface area contributed by atoms with Crippen molar-refractivity contribution in [2.24, 2.45) is 0 Å². The molecule has 0 aliphatic carbocycles. The summed E-state index contributed by atoms with van der Waals surface area (Å²) in [5.74, 6) is 0. The molecule has 0 bridgehead atoms. The van der Waals surface area contributed by atoms with E-state index in [-0.39, 0.29) is 6.61 Å². The number of nitrogens with one attached hydrogen (secondary N) is 1. The Morgan fingerprint density at radius 3 is 2.38 bits per heavy atom. The van der Waals surface area contributed by atoms with Gasteiger partial charge in [0.05, 0.1) is 6.61 Å². The van der Waals surface area contributed by atoms with Crippen LogP contribution in [0.4, 0.5) is 0 Å². The first-order valence-corrected chi connectivity index (χ1v) is 2.11. The van der Waals surface area contributed by atoms with E-state index in [4.69, 9.17) is 5.11 Å². The highest BCUT2D eigenvalue weighted by Gasteiger charge is 1.99. The van der Waals surface area contributed by atoms with Gasteiger partial charge in [0.1, 0.15) is 12.3 Å². The summed E-state index contributed by atoms with van der Waals surface area (Å²) in [6.07, 6.45) is 0.837. The lowest BCUT2D eigenvalue weighted by Gasteiger charge is -2.00. The van der Waals surface area contributed by atoms with Crippen molar-refractivity contribution in [2.75, 3.05) is 6.61 Å². The molecule has 4 nitrogen and oxygen atoms in total. The average molecular weight is 117 g/mol. The van der Waals surface area contributed by atoms with Gasteiger partial charge in [-0.1, -0.05) is 0 Å². The number of amides is 1. The minimum atomic E-state index is -0.743. The fourth-order valence-electron chi connectivity index (χ4n) is 0.222. The molecule has 0 spiro atoms. The van der Waals surface area contributed by atoms with Crippen LogP contribution in [0.25, 0.3) is 0 Å². The number of aliphatic hydroxyl groups is 1. The lowest BCUT2D eigenvalue weighted by atomic mass is 10.4. The summed E-state index contributed by atoms with van der Waals surface area (Å²) in [6.45, 7) is -0.345. The first-order valence-electron chi connectivity index (χ1n) is 2.11. The normalized spacial score (nSPS) is 12.1. The van der Waals surface area contributed by atoms with E-state index in [1.807, 2.05) is 0 Å². The van der Waals surface area contributed by atoms with Crippen molar-refractivity contribution in [1.29, 1.82) is 0 Å². The summed E-state index contributed by atoms with van der Waals surface area (Å²) >= 11 is 0. The van der Waals surface area contributed by atoms with E-state index in [0.29, 0.717) is 12.7 Å². The van der Waals surface area contributed by atoms with Crippen LogP contribution in [-0.2, 0) is 9.59 Å². The van der Waals surface area contributed by atoms with Crippen LogP contribution in [0.1, 0.15) is 0 Å².